The number of hydrogen-bond acceptors (Lipinski definition) is 2. The third-order valence-electron chi connectivity index (χ3n) is 3.30. The van der Waals surface area contributed by atoms with E-state index >= 15 is 0 Å². The molecule has 0 unspecified atom stereocenters. The number of carbonyl (C=O) groups is 1. The van der Waals surface area contributed by atoms with Crippen LogP contribution in [0.5, 0.6) is 0 Å². The predicted molar refractivity (Wildman–Crippen MR) is 74.3 cm³/mol. The predicted octanol–water partition coefficient (Wildman–Crippen LogP) is 3.19. The first-order valence-electron chi connectivity index (χ1n) is 6.73. The van der Waals surface area contributed by atoms with E-state index in [-0.39, 0.29) is 0 Å². The highest BCUT2D eigenvalue weighted by atomic mass is 16.4. The second-order valence-electron chi connectivity index (χ2n) is 4.40. The van der Waals surface area contributed by atoms with Gasteiger partial charge in [0.2, 0.25) is 0 Å². The highest BCUT2D eigenvalue weighted by molar-refractivity contribution is 5.89. The quantitative estimate of drug-likeness (QED) is 0.846. The van der Waals surface area contributed by atoms with Crippen LogP contribution in [0.15, 0.2) is 18.2 Å². The normalized spacial score (nSPS) is 15.7. The minimum Gasteiger partial charge on any atom is -0.478 e. The van der Waals surface area contributed by atoms with Gasteiger partial charge in [0.05, 0.1) is 5.56 Å². The molecule has 2 rings (SSSR count). The minimum atomic E-state index is -0.826. The number of rotatable bonds is 2. The molecule has 0 amide bonds. The zero-order chi connectivity index (χ0) is 13.5. The smallest absolute Gasteiger partial charge is 0.335 e. The Kier molecular flexibility index (Phi) is 5.86. The third-order valence-corrected chi connectivity index (χ3v) is 3.30. The molecule has 1 fully saturated rings. The summed E-state index contributed by atoms with van der Waals surface area (Å²) < 4.78 is 0. The molecule has 1 aliphatic heterocycles. The maximum Gasteiger partial charge on any atom is 0.335 e. The molecule has 1 aromatic carbocycles. The molecule has 1 heterocycles. The van der Waals surface area contributed by atoms with Gasteiger partial charge in [-0.1, -0.05) is 26.0 Å². The first-order valence-corrected chi connectivity index (χ1v) is 6.73. The molecule has 0 saturated carbocycles. The summed E-state index contributed by atoms with van der Waals surface area (Å²) in [5, 5.41) is 12.4. The van der Waals surface area contributed by atoms with Gasteiger partial charge in [-0.2, -0.15) is 0 Å². The molecule has 0 aliphatic carbocycles. The zero-order valence-electron chi connectivity index (χ0n) is 11.5. The van der Waals surface area contributed by atoms with E-state index in [1.807, 2.05) is 32.9 Å². The van der Waals surface area contributed by atoms with E-state index in [0.717, 1.165) is 31.5 Å². The van der Waals surface area contributed by atoms with E-state index < -0.39 is 5.97 Å². The number of hydrogen-bond donors (Lipinski definition) is 2. The highest BCUT2D eigenvalue weighted by Gasteiger charge is 2.17. The fourth-order valence-corrected chi connectivity index (χ4v) is 2.28. The molecule has 18 heavy (non-hydrogen) atoms. The first-order chi connectivity index (χ1) is 8.68. The summed E-state index contributed by atoms with van der Waals surface area (Å²) in [6.45, 7) is 7.90. The van der Waals surface area contributed by atoms with Crippen LogP contribution in [0.1, 0.15) is 54.1 Å². The van der Waals surface area contributed by atoms with Crippen molar-refractivity contribution in [3.8, 4) is 0 Å². The summed E-state index contributed by atoms with van der Waals surface area (Å²) >= 11 is 0. The van der Waals surface area contributed by atoms with E-state index in [1.165, 1.54) is 5.56 Å². The standard InChI is InChI=1S/C13H17NO2.C2H6/c1-9-2-3-11(8-12(9)13(15)16)10-4-6-14-7-5-10;1-2/h2-3,8,10,14H,4-7H2,1H3,(H,15,16);1-2H3. The molecule has 1 aliphatic rings. The van der Waals surface area contributed by atoms with Gasteiger partial charge in [-0.25, -0.2) is 4.79 Å². The van der Waals surface area contributed by atoms with Gasteiger partial charge < -0.3 is 10.4 Å². The maximum atomic E-state index is 11.0. The van der Waals surface area contributed by atoms with E-state index in [9.17, 15) is 4.79 Å². The Balaban J connectivity index is 0.000000771. The SMILES string of the molecule is CC.Cc1ccc(C2CCNCC2)cc1C(=O)O. The molecular weight excluding hydrogens is 226 g/mol. The lowest BCUT2D eigenvalue weighted by Gasteiger charge is -2.23. The number of piperidine rings is 1. The topological polar surface area (TPSA) is 49.3 Å². The molecule has 3 heteroatoms. The van der Waals surface area contributed by atoms with Gasteiger partial charge in [0.15, 0.2) is 0 Å². The van der Waals surface area contributed by atoms with Gasteiger partial charge in [0.1, 0.15) is 0 Å². The van der Waals surface area contributed by atoms with Crippen LogP contribution in [0, 0.1) is 6.92 Å². The molecule has 3 nitrogen and oxygen atoms in total. The Morgan fingerprint density at radius 1 is 1.28 bits per heavy atom. The Morgan fingerprint density at radius 2 is 1.89 bits per heavy atom. The Morgan fingerprint density at radius 3 is 2.44 bits per heavy atom. The molecule has 0 aromatic heterocycles. The van der Waals surface area contributed by atoms with Crippen LogP contribution in [0.2, 0.25) is 0 Å². The van der Waals surface area contributed by atoms with Crippen LogP contribution < -0.4 is 5.32 Å². The minimum absolute atomic E-state index is 0.441. The summed E-state index contributed by atoms with van der Waals surface area (Å²) in [4.78, 5) is 11.0. The van der Waals surface area contributed by atoms with Gasteiger partial charge in [0.25, 0.3) is 0 Å². The largest absolute Gasteiger partial charge is 0.478 e. The summed E-state index contributed by atoms with van der Waals surface area (Å²) in [5.74, 6) is -0.312. The van der Waals surface area contributed by atoms with Crippen molar-refractivity contribution in [3.05, 3.63) is 34.9 Å². The average Bonchev–Trinajstić information content (AvgIpc) is 2.42. The zero-order valence-corrected chi connectivity index (χ0v) is 11.5. The molecule has 0 atom stereocenters. The first kappa shape index (κ1) is 14.7. The fraction of sp³-hybridized carbons (Fsp3) is 0.533. The van der Waals surface area contributed by atoms with Gasteiger partial charge in [-0.15, -0.1) is 0 Å². The number of nitrogens with one attached hydrogen (secondary N) is 1. The molecule has 1 saturated heterocycles. The van der Waals surface area contributed by atoms with Crippen molar-refractivity contribution in [2.24, 2.45) is 0 Å². The Hall–Kier alpha value is -1.35. The number of benzene rings is 1. The highest BCUT2D eigenvalue weighted by Crippen LogP contribution is 2.26. The molecule has 0 bridgehead atoms. The van der Waals surface area contributed by atoms with Crippen LogP contribution in [-0.2, 0) is 0 Å². The van der Waals surface area contributed by atoms with Crippen molar-refractivity contribution in [2.75, 3.05) is 13.1 Å². The summed E-state index contributed by atoms with van der Waals surface area (Å²) in [6, 6.07) is 5.83. The molecule has 0 radical (unpaired) electrons. The lowest BCUT2D eigenvalue weighted by molar-refractivity contribution is 0.0696. The second kappa shape index (κ2) is 7.17. The van der Waals surface area contributed by atoms with Crippen LogP contribution >= 0.6 is 0 Å². The molecule has 0 spiro atoms. The van der Waals surface area contributed by atoms with Gasteiger partial charge in [-0.05, 0) is 56.0 Å². The van der Waals surface area contributed by atoms with E-state index in [0.29, 0.717) is 11.5 Å². The fourth-order valence-electron chi connectivity index (χ4n) is 2.28. The Labute approximate surface area is 109 Å². The number of aromatic carboxylic acids is 1. The number of aryl methyl sites for hydroxylation is 1. The summed E-state index contributed by atoms with van der Waals surface area (Å²) in [6.07, 6.45) is 2.20. The van der Waals surface area contributed by atoms with Gasteiger partial charge >= 0.3 is 5.97 Å². The second-order valence-corrected chi connectivity index (χ2v) is 4.40. The van der Waals surface area contributed by atoms with Crippen LogP contribution in [0.3, 0.4) is 0 Å². The Bertz CT molecular complexity index is 395. The van der Waals surface area contributed by atoms with Crippen molar-refractivity contribution < 1.29 is 9.90 Å². The molecule has 100 valence electrons. The summed E-state index contributed by atoms with van der Waals surface area (Å²) in [7, 11) is 0. The maximum absolute atomic E-state index is 11.0. The van der Waals surface area contributed by atoms with Crippen LogP contribution in [0.25, 0.3) is 0 Å². The van der Waals surface area contributed by atoms with Crippen molar-refractivity contribution >= 4 is 5.97 Å². The van der Waals surface area contributed by atoms with Crippen molar-refractivity contribution in [2.45, 2.75) is 39.5 Å². The summed E-state index contributed by atoms with van der Waals surface area (Å²) in [5.41, 5.74) is 2.45. The van der Waals surface area contributed by atoms with Gasteiger partial charge in [0, 0.05) is 0 Å². The molecule has 2 N–H and O–H groups in total. The monoisotopic (exact) mass is 249 g/mol. The number of carboxylic acid groups (broad SMARTS) is 1. The van der Waals surface area contributed by atoms with E-state index in [4.69, 9.17) is 5.11 Å². The van der Waals surface area contributed by atoms with E-state index in [1.54, 1.807) is 0 Å². The van der Waals surface area contributed by atoms with Crippen LogP contribution in [0.4, 0.5) is 0 Å². The average molecular weight is 249 g/mol. The van der Waals surface area contributed by atoms with Crippen molar-refractivity contribution in [1.29, 1.82) is 0 Å². The lowest BCUT2D eigenvalue weighted by Crippen LogP contribution is -2.26. The molecule has 1 aromatic rings. The van der Waals surface area contributed by atoms with Gasteiger partial charge in [-0.3, -0.25) is 0 Å². The van der Waals surface area contributed by atoms with Crippen molar-refractivity contribution in [1.82, 2.24) is 5.32 Å². The third kappa shape index (κ3) is 3.57. The van der Waals surface area contributed by atoms with Crippen molar-refractivity contribution in [3.63, 3.8) is 0 Å². The van der Waals surface area contributed by atoms with E-state index in [2.05, 4.69) is 11.4 Å². The molecular formula is C15H23NO2. The van der Waals surface area contributed by atoms with Crippen LogP contribution in [-0.4, -0.2) is 24.2 Å². The lowest BCUT2D eigenvalue weighted by atomic mass is 9.88. The number of carboxylic acids is 1.